The van der Waals surface area contributed by atoms with Crippen molar-refractivity contribution in [3.63, 3.8) is 0 Å². The normalized spacial score (nSPS) is 11.3. The number of likely N-dealkylation sites (N-methyl/N-ethyl adjacent to an activating group) is 1. The molecule has 0 radical (unpaired) electrons. The minimum absolute atomic E-state index is 0.103. The van der Waals surface area contributed by atoms with Crippen molar-refractivity contribution >= 4 is 56.7 Å². The maximum atomic E-state index is 12.4. The summed E-state index contributed by atoms with van der Waals surface area (Å²) in [5.41, 5.74) is 0. The summed E-state index contributed by atoms with van der Waals surface area (Å²) in [4.78, 5) is 14.7. The molecule has 12 heteroatoms. The molecule has 0 fully saturated rings. The molecule has 8 nitrogen and oxygen atoms in total. The fraction of sp³-hybridized carbons (Fsp3) is 0.182. The summed E-state index contributed by atoms with van der Waals surface area (Å²) >= 11 is 17.5. The van der Waals surface area contributed by atoms with Crippen LogP contribution in [0.5, 0.6) is 0 Å². The Morgan fingerprint density at radius 2 is 1.87 bits per heavy atom. The van der Waals surface area contributed by atoms with Gasteiger partial charge in [-0.25, -0.2) is 17.8 Å². The summed E-state index contributed by atoms with van der Waals surface area (Å²) in [6.45, 7) is -0.103. The number of hydrogen-bond donors (Lipinski definition) is 2. The van der Waals surface area contributed by atoms with Crippen LogP contribution >= 0.6 is 34.8 Å². The molecular formula is C11H10Cl3N5O3S. The minimum atomic E-state index is -4.12. The van der Waals surface area contributed by atoms with Gasteiger partial charge in [0.05, 0.1) is 10.0 Å². The van der Waals surface area contributed by atoms with Gasteiger partial charge in [-0.1, -0.05) is 34.8 Å². The fourth-order valence-electron chi connectivity index (χ4n) is 1.60. The van der Waals surface area contributed by atoms with E-state index in [2.05, 4.69) is 20.1 Å². The number of hydrogen-bond acceptors (Lipinski definition) is 5. The molecule has 23 heavy (non-hydrogen) atoms. The van der Waals surface area contributed by atoms with E-state index in [0.717, 1.165) is 0 Å². The van der Waals surface area contributed by atoms with Crippen LogP contribution in [0.1, 0.15) is 0 Å². The van der Waals surface area contributed by atoms with Crippen LogP contribution in [-0.2, 0) is 21.4 Å². The molecular weight excluding hydrogens is 389 g/mol. The molecule has 1 amide bonds. The smallest absolute Gasteiger partial charge is 0.267 e. The molecule has 0 saturated carbocycles. The van der Waals surface area contributed by atoms with Gasteiger partial charge in [0.2, 0.25) is 5.91 Å². The molecule has 2 rings (SSSR count). The highest BCUT2D eigenvalue weighted by Gasteiger charge is 2.24. The first kappa shape index (κ1) is 17.8. The van der Waals surface area contributed by atoms with Crippen molar-refractivity contribution in [2.24, 2.45) is 0 Å². The Balaban J connectivity index is 2.27. The highest BCUT2D eigenvalue weighted by atomic mass is 35.5. The molecule has 1 heterocycles. The third kappa shape index (κ3) is 4.25. The maximum absolute atomic E-state index is 12.4. The van der Waals surface area contributed by atoms with Gasteiger partial charge in [0.15, 0.2) is 0 Å². The van der Waals surface area contributed by atoms with Crippen LogP contribution in [0.15, 0.2) is 23.4 Å². The Kier molecular flexibility index (Phi) is 5.35. The van der Waals surface area contributed by atoms with Crippen LogP contribution in [-0.4, -0.2) is 36.1 Å². The number of carbonyl (C=O) groups is 1. The molecule has 2 N–H and O–H groups in total. The van der Waals surface area contributed by atoms with Gasteiger partial charge in [0.25, 0.3) is 16.0 Å². The zero-order valence-corrected chi connectivity index (χ0v) is 14.6. The Bertz CT molecular complexity index is 829. The van der Waals surface area contributed by atoms with Gasteiger partial charge in [0, 0.05) is 12.1 Å². The van der Waals surface area contributed by atoms with Crippen molar-refractivity contribution < 1.29 is 13.2 Å². The second-order valence-corrected chi connectivity index (χ2v) is 7.11. The molecule has 1 aromatic carbocycles. The number of amides is 1. The van der Waals surface area contributed by atoms with Crippen molar-refractivity contribution in [1.82, 2.24) is 20.1 Å². The minimum Gasteiger partial charge on any atom is -0.358 e. The van der Waals surface area contributed by atoms with Gasteiger partial charge in [-0.3, -0.25) is 4.79 Å². The number of carbonyl (C=O) groups excluding carboxylic acids is 1. The lowest BCUT2D eigenvalue weighted by Crippen LogP contribution is -2.23. The van der Waals surface area contributed by atoms with Crippen molar-refractivity contribution in [1.29, 1.82) is 0 Å². The Hall–Kier alpha value is -1.55. The number of aromatic nitrogens is 3. The summed E-state index contributed by atoms with van der Waals surface area (Å²) in [7, 11) is -2.66. The molecule has 0 saturated heterocycles. The quantitative estimate of drug-likeness (QED) is 0.798. The molecule has 1 aromatic heterocycles. The molecule has 0 atom stereocenters. The summed E-state index contributed by atoms with van der Waals surface area (Å²) in [6.07, 6.45) is 1.21. The zero-order valence-electron chi connectivity index (χ0n) is 11.5. The second kappa shape index (κ2) is 6.91. The average Bonchev–Trinajstić information content (AvgIpc) is 2.83. The van der Waals surface area contributed by atoms with Crippen molar-refractivity contribution in [2.45, 2.75) is 11.4 Å². The molecule has 0 aliphatic carbocycles. The SMILES string of the molecule is CNC(=O)Cn1cnc(NS(=O)(=O)c2c(Cl)cc(Cl)cc2Cl)n1. The van der Waals surface area contributed by atoms with Crippen LogP contribution < -0.4 is 10.0 Å². The summed E-state index contributed by atoms with van der Waals surface area (Å²) in [6, 6.07) is 2.50. The lowest BCUT2D eigenvalue weighted by molar-refractivity contribution is -0.121. The molecule has 0 aliphatic rings. The van der Waals surface area contributed by atoms with Gasteiger partial charge in [-0.05, 0) is 12.1 Å². The first-order valence-corrected chi connectivity index (χ1v) is 8.62. The first-order chi connectivity index (χ1) is 10.7. The van der Waals surface area contributed by atoms with E-state index in [4.69, 9.17) is 34.8 Å². The highest BCUT2D eigenvalue weighted by Crippen LogP contribution is 2.33. The van der Waals surface area contributed by atoms with Gasteiger partial charge in [-0.15, -0.1) is 5.10 Å². The lowest BCUT2D eigenvalue weighted by atomic mass is 10.4. The molecule has 0 unspecified atom stereocenters. The molecule has 0 bridgehead atoms. The van der Waals surface area contributed by atoms with E-state index in [1.807, 2.05) is 0 Å². The van der Waals surface area contributed by atoms with Gasteiger partial charge in [0.1, 0.15) is 17.8 Å². The number of rotatable bonds is 5. The number of sulfonamides is 1. The van der Waals surface area contributed by atoms with E-state index in [1.54, 1.807) is 0 Å². The highest BCUT2D eigenvalue weighted by molar-refractivity contribution is 7.93. The van der Waals surface area contributed by atoms with E-state index in [-0.39, 0.29) is 38.4 Å². The predicted molar refractivity (Wildman–Crippen MR) is 86.4 cm³/mol. The Morgan fingerprint density at radius 1 is 1.26 bits per heavy atom. The number of nitrogens with one attached hydrogen (secondary N) is 2. The number of halogens is 3. The predicted octanol–water partition coefficient (Wildman–Crippen LogP) is 1.79. The van der Waals surface area contributed by atoms with Gasteiger partial charge < -0.3 is 5.32 Å². The standard InChI is InChI=1S/C11H10Cl3N5O3S/c1-15-9(20)4-19-5-16-11(17-19)18-23(21,22)10-7(13)2-6(12)3-8(10)14/h2-3,5H,4H2,1H3,(H,15,20)(H,17,18). The van der Waals surface area contributed by atoms with E-state index < -0.39 is 10.0 Å². The molecule has 0 aliphatic heterocycles. The van der Waals surface area contributed by atoms with Crippen LogP contribution in [0.4, 0.5) is 5.95 Å². The van der Waals surface area contributed by atoms with Crippen LogP contribution in [0.3, 0.4) is 0 Å². The molecule has 2 aromatic rings. The lowest BCUT2D eigenvalue weighted by Gasteiger charge is -2.09. The third-order valence-electron chi connectivity index (χ3n) is 2.58. The van der Waals surface area contributed by atoms with Crippen LogP contribution in [0.25, 0.3) is 0 Å². The van der Waals surface area contributed by atoms with Crippen molar-refractivity contribution in [2.75, 3.05) is 11.8 Å². The Labute approximate surface area is 146 Å². The van der Waals surface area contributed by atoms with Gasteiger partial charge in [-0.2, -0.15) is 4.98 Å². The summed E-state index contributed by atoms with van der Waals surface area (Å²) < 4.78 is 28.0. The fourth-order valence-corrected chi connectivity index (χ4v) is 4.09. The monoisotopic (exact) mass is 397 g/mol. The topological polar surface area (TPSA) is 106 Å². The van der Waals surface area contributed by atoms with E-state index in [9.17, 15) is 13.2 Å². The number of anilines is 1. The molecule has 124 valence electrons. The average molecular weight is 399 g/mol. The second-order valence-electron chi connectivity index (χ2n) is 4.24. The summed E-state index contributed by atoms with van der Waals surface area (Å²) in [5.74, 6) is -0.538. The number of benzene rings is 1. The summed E-state index contributed by atoms with van der Waals surface area (Å²) in [5, 5.41) is 6.15. The van der Waals surface area contributed by atoms with E-state index in [1.165, 1.54) is 30.2 Å². The van der Waals surface area contributed by atoms with Crippen molar-refractivity contribution in [3.8, 4) is 0 Å². The van der Waals surface area contributed by atoms with E-state index >= 15 is 0 Å². The third-order valence-corrected chi connectivity index (χ3v) is 5.05. The van der Waals surface area contributed by atoms with Gasteiger partial charge >= 0.3 is 0 Å². The maximum Gasteiger partial charge on any atom is 0.267 e. The first-order valence-electron chi connectivity index (χ1n) is 6.00. The van der Waals surface area contributed by atoms with Crippen LogP contribution in [0.2, 0.25) is 15.1 Å². The molecule has 0 spiro atoms. The Morgan fingerprint density at radius 3 is 2.43 bits per heavy atom. The zero-order chi connectivity index (χ0) is 17.2. The van der Waals surface area contributed by atoms with E-state index in [0.29, 0.717) is 0 Å². The largest absolute Gasteiger partial charge is 0.358 e. The van der Waals surface area contributed by atoms with Crippen molar-refractivity contribution in [3.05, 3.63) is 33.5 Å². The van der Waals surface area contributed by atoms with Crippen LogP contribution in [0, 0.1) is 0 Å². The number of nitrogens with zero attached hydrogens (tertiary/aromatic N) is 3.